The highest BCUT2D eigenvalue weighted by atomic mass is 16.6. The number of ether oxygens (including phenoxy) is 2. The second-order valence-corrected chi connectivity index (χ2v) is 6.13. The van der Waals surface area contributed by atoms with Gasteiger partial charge in [-0.2, -0.15) is 0 Å². The number of nitrogens with one attached hydrogen (secondary N) is 1. The van der Waals surface area contributed by atoms with Crippen molar-refractivity contribution in [1.82, 2.24) is 10.2 Å². The lowest BCUT2D eigenvalue weighted by atomic mass is 10.0. The Bertz CT molecular complexity index is 448. The predicted octanol–water partition coefficient (Wildman–Crippen LogP) is 2.70. The zero-order chi connectivity index (χ0) is 15.2. The van der Waals surface area contributed by atoms with Crippen molar-refractivity contribution in [3.63, 3.8) is 0 Å². The van der Waals surface area contributed by atoms with Crippen molar-refractivity contribution in [2.24, 2.45) is 5.92 Å². The maximum absolute atomic E-state index is 5.70. The molecule has 21 heavy (non-hydrogen) atoms. The van der Waals surface area contributed by atoms with Crippen LogP contribution < -0.4 is 14.8 Å². The Morgan fingerprint density at radius 1 is 1.14 bits per heavy atom. The second-order valence-electron chi connectivity index (χ2n) is 6.13. The fourth-order valence-electron chi connectivity index (χ4n) is 2.82. The molecule has 1 aromatic carbocycles. The van der Waals surface area contributed by atoms with Crippen LogP contribution in [-0.4, -0.2) is 44.8 Å². The molecule has 0 fully saturated rings. The molecule has 1 aliphatic rings. The van der Waals surface area contributed by atoms with Gasteiger partial charge in [-0.25, -0.2) is 0 Å². The largest absolute Gasteiger partial charge is 0.486 e. The van der Waals surface area contributed by atoms with Crippen LogP contribution in [0.15, 0.2) is 18.2 Å². The zero-order valence-corrected chi connectivity index (χ0v) is 13.7. The van der Waals surface area contributed by atoms with E-state index in [2.05, 4.69) is 50.2 Å². The summed E-state index contributed by atoms with van der Waals surface area (Å²) >= 11 is 0. The molecule has 0 bridgehead atoms. The summed E-state index contributed by atoms with van der Waals surface area (Å²) in [5.74, 6) is 2.40. The van der Waals surface area contributed by atoms with Crippen LogP contribution in [0, 0.1) is 5.92 Å². The van der Waals surface area contributed by atoms with E-state index in [-0.39, 0.29) is 0 Å². The molecule has 1 atom stereocenters. The van der Waals surface area contributed by atoms with E-state index in [1.165, 1.54) is 5.56 Å². The summed E-state index contributed by atoms with van der Waals surface area (Å²) in [5.41, 5.74) is 1.26. The third-order valence-electron chi connectivity index (χ3n) is 3.59. The number of benzene rings is 1. The Balaban J connectivity index is 2.10. The van der Waals surface area contributed by atoms with E-state index in [1.807, 2.05) is 6.07 Å². The Morgan fingerprint density at radius 3 is 2.52 bits per heavy atom. The first kappa shape index (κ1) is 16.1. The minimum Gasteiger partial charge on any atom is -0.486 e. The molecule has 118 valence electrons. The number of hydrogen-bond acceptors (Lipinski definition) is 4. The van der Waals surface area contributed by atoms with Gasteiger partial charge in [0.15, 0.2) is 11.5 Å². The monoisotopic (exact) mass is 292 g/mol. The number of nitrogens with zero attached hydrogens (tertiary/aromatic N) is 1. The van der Waals surface area contributed by atoms with Gasteiger partial charge in [0.2, 0.25) is 0 Å². The van der Waals surface area contributed by atoms with E-state index in [0.717, 1.165) is 31.1 Å². The van der Waals surface area contributed by atoms with Crippen molar-refractivity contribution in [1.29, 1.82) is 0 Å². The predicted molar refractivity (Wildman–Crippen MR) is 86.2 cm³/mol. The Labute approximate surface area is 128 Å². The zero-order valence-electron chi connectivity index (χ0n) is 13.7. The van der Waals surface area contributed by atoms with E-state index in [9.17, 15) is 0 Å². The van der Waals surface area contributed by atoms with Crippen molar-refractivity contribution < 1.29 is 9.47 Å². The molecule has 0 aromatic heterocycles. The molecular weight excluding hydrogens is 264 g/mol. The van der Waals surface area contributed by atoms with Crippen LogP contribution >= 0.6 is 0 Å². The van der Waals surface area contributed by atoms with Gasteiger partial charge in [-0.15, -0.1) is 0 Å². The van der Waals surface area contributed by atoms with Crippen LogP contribution in [0.1, 0.15) is 32.4 Å². The summed E-state index contributed by atoms with van der Waals surface area (Å²) in [4.78, 5) is 2.38. The fourth-order valence-corrected chi connectivity index (χ4v) is 2.82. The molecule has 4 heteroatoms. The lowest BCUT2D eigenvalue weighted by Crippen LogP contribution is -2.34. The average Bonchev–Trinajstić information content (AvgIpc) is 2.45. The Hall–Kier alpha value is -1.26. The van der Waals surface area contributed by atoms with E-state index in [1.54, 1.807) is 0 Å². The van der Waals surface area contributed by atoms with E-state index >= 15 is 0 Å². The summed E-state index contributed by atoms with van der Waals surface area (Å²) in [7, 11) is 2.18. The molecule has 1 aliphatic heterocycles. The lowest BCUT2D eigenvalue weighted by Gasteiger charge is -2.27. The SMILES string of the molecule is CCNC(CN(C)CC(C)C)c1ccc2c(c1)OCCO2. The summed E-state index contributed by atoms with van der Waals surface area (Å²) < 4.78 is 11.3. The van der Waals surface area contributed by atoms with Crippen molar-refractivity contribution in [2.75, 3.05) is 39.9 Å². The molecule has 1 N–H and O–H groups in total. The van der Waals surface area contributed by atoms with Gasteiger partial charge in [-0.1, -0.05) is 26.8 Å². The second kappa shape index (κ2) is 7.66. The van der Waals surface area contributed by atoms with Crippen molar-refractivity contribution >= 4 is 0 Å². The van der Waals surface area contributed by atoms with Gasteiger partial charge in [-0.05, 0) is 37.2 Å². The number of rotatable bonds is 7. The van der Waals surface area contributed by atoms with Crippen molar-refractivity contribution in [3.05, 3.63) is 23.8 Å². The Morgan fingerprint density at radius 2 is 1.86 bits per heavy atom. The van der Waals surface area contributed by atoms with E-state index < -0.39 is 0 Å². The maximum atomic E-state index is 5.70. The Kier molecular flexibility index (Phi) is 5.88. The lowest BCUT2D eigenvalue weighted by molar-refractivity contribution is 0.171. The highest BCUT2D eigenvalue weighted by Crippen LogP contribution is 2.32. The molecule has 1 unspecified atom stereocenters. The highest BCUT2D eigenvalue weighted by molar-refractivity contribution is 5.44. The smallest absolute Gasteiger partial charge is 0.161 e. The normalized spacial score (nSPS) is 15.5. The molecule has 0 radical (unpaired) electrons. The van der Waals surface area contributed by atoms with Gasteiger partial charge in [0.05, 0.1) is 0 Å². The molecule has 0 amide bonds. The van der Waals surface area contributed by atoms with E-state index in [4.69, 9.17) is 9.47 Å². The third-order valence-corrected chi connectivity index (χ3v) is 3.59. The molecule has 1 heterocycles. The van der Waals surface area contributed by atoms with Crippen LogP contribution in [0.5, 0.6) is 11.5 Å². The molecule has 2 rings (SSSR count). The van der Waals surface area contributed by atoms with Gasteiger partial charge in [0.1, 0.15) is 13.2 Å². The van der Waals surface area contributed by atoms with Crippen molar-refractivity contribution in [2.45, 2.75) is 26.8 Å². The van der Waals surface area contributed by atoms with Crippen LogP contribution in [0.25, 0.3) is 0 Å². The topological polar surface area (TPSA) is 33.7 Å². The third kappa shape index (κ3) is 4.61. The van der Waals surface area contributed by atoms with Crippen LogP contribution in [0.3, 0.4) is 0 Å². The highest BCUT2D eigenvalue weighted by Gasteiger charge is 2.18. The molecule has 4 nitrogen and oxygen atoms in total. The van der Waals surface area contributed by atoms with Gasteiger partial charge < -0.3 is 19.7 Å². The standard InChI is InChI=1S/C17H28N2O2/c1-5-18-15(12-19(4)11-13(2)3)14-6-7-16-17(10-14)21-9-8-20-16/h6-7,10,13,15,18H,5,8-9,11-12H2,1-4H3. The van der Waals surface area contributed by atoms with E-state index in [0.29, 0.717) is 25.2 Å². The quantitative estimate of drug-likeness (QED) is 0.838. The molecular formula is C17H28N2O2. The first-order valence-corrected chi connectivity index (χ1v) is 7.91. The number of likely N-dealkylation sites (N-methyl/N-ethyl adjacent to an activating group) is 2. The summed E-state index contributed by atoms with van der Waals surface area (Å²) in [6, 6.07) is 6.60. The molecule has 0 saturated carbocycles. The first-order chi connectivity index (χ1) is 10.1. The maximum Gasteiger partial charge on any atom is 0.161 e. The van der Waals surface area contributed by atoms with Gasteiger partial charge in [0.25, 0.3) is 0 Å². The fraction of sp³-hybridized carbons (Fsp3) is 0.647. The summed E-state index contributed by atoms with van der Waals surface area (Å²) in [6.07, 6.45) is 0. The summed E-state index contributed by atoms with van der Waals surface area (Å²) in [6.45, 7) is 11.0. The van der Waals surface area contributed by atoms with Crippen LogP contribution in [-0.2, 0) is 0 Å². The van der Waals surface area contributed by atoms with Crippen LogP contribution in [0.4, 0.5) is 0 Å². The molecule has 0 spiro atoms. The number of fused-ring (bicyclic) bond motifs is 1. The molecule has 1 aromatic rings. The van der Waals surface area contributed by atoms with Gasteiger partial charge in [0, 0.05) is 19.1 Å². The van der Waals surface area contributed by atoms with Gasteiger partial charge >= 0.3 is 0 Å². The number of hydrogen-bond donors (Lipinski definition) is 1. The summed E-state index contributed by atoms with van der Waals surface area (Å²) in [5, 5.41) is 3.57. The average molecular weight is 292 g/mol. The molecule has 0 aliphatic carbocycles. The minimum absolute atomic E-state index is 0.314. The van der Waals surface area contributed by atoms with Crippen molar-refractivity contribution in [3.8, 4) is 11.5 Å². The molecule has 0 saturated heterocycles. The first-order valence-electron chi connectivity index (χ1n) is 7.91. The minimum atomic E-state index is 0.314. The van der Waals surface area contributed by atoms with Crippen LogP contribution in [0.2, 0.25) is 0 Å². The van der Waals surface area contributed by atoms with Gasteiger partial charge in [-0.3, -0.25) is 0 Å².